The highest BCUT2D eigenvalue weighted by atomic mass is 35.5. The summed E-state index contributed by atoms with van der Waals surface area (Å²) in [4.78, 5) is 14.3. The van der Waals surface area contributed by atoms with Gasteiger partial charge in [0.15, 0.2) is 0 Å². The highest BCUT2D eigenvalue weighted by Crippen LogP contribution is 2.23. The van der Waals surface area contributed by atoms with Crippen molar-refractivity contribution in [3.63, 3.8) is 0 Å². The van der Waals surface area contributed by atoms with E-state index in [4.69, 9.17) is 11.6 Å². The summed E-state index contributed by atoms with van der Waals surface area (Å²) in [6.07, 6.45) is 2.70. The molecule has 1 heterocycles. The predicted octanol–water partition coefficient (Wildman–Crippen LogP) is 2.82. The minimum Gasteiger partial charge on any atom is -0.392 e. The first-order valence-electron chi connectivity index (χ1n) is 7.45. The molecule has 1 fully saturated rings. The Morgan fingerprint density at radius 1 is 1.52 bits per heavy atom. The van der Waals surface area contributed by atoms with Gasteiger partial charge in [-0.05, 0) is 50.9 Å². The molecular weight excluding hydrogens is 288 g/mol. The fraction of sp³-hybridized carbons (Fsp3) is 0.562. The molecule has 2 unspecified atom stereocenters. The molecule has 116 valence electrons. The van der Waals surface area contributed by atoms with Gasteiger partial charge in [-0.2, -0.15) is 0 Å². The van der Waals surface area contributed by atoms with Crippen molar-refractivity contribution >= 4 is 23.2 Å². The summed E-state index contributed by atoms with van der Waals surface area (Å²) < 4.78 is 0. The zero-order valence-electron chi connectivity index (χ0n) is 12.6. The van der Waals surface area contributed by atoms with Crippen molar-refractivity contribution < 1.29 is 9.90 Å². The Kier molecular flexibility index (Phi) is 5.62. The van der Waals surface area contributed by atoms with Crippen LogP contribution in [0, 0.1) is 6.92 Å². The van der Waals surface area contributed by atoms with Gasteiger partial charge >= 0.3 is 0 Å². The number of hydrogen-bond donors (Lipinski definition) is 2. The molecule has 1 aliphatic heterocycles. The van der Waals surface area contributed by atoms with E-state index in [0.29, 0.717) is 17.3 Å². The molecule has 0 bridgehead atoms. The lowest BCUT2D eigenvalue weighted by Gasteiger charge is -2.36. The van der Waals surface area contributed by atoms with E-state index in [1.807, 2.05) is 25.1 Å². The van der Waals surface area contributed by atoms with Crippen molar-refractivity contribution in [2.24, 2.45) is 0 Å². The lowest BCUT2D eigenvalue weighted by Crippen LogP contribution is -2.48. The van der Waals surface area contributed by atoms with Gasteiger partial charge in [0, 0.05) is 6.04 Å². The zero-order valence-corrected chi connectivity index (χ0v) is 13.4. The van der Waals surface area contributed by atoms with Crippen molar-refractivity contribution in [3.8, 4) is 0 Å². The quantitative estimate of drug-likeness (QED) is 0.899. The molecule has 5 heteroatoms. The van der Waals surface area contributed by atoms with E-state index in [1.54, 1.807) is 6.92 Å². The van der Waals surface area contributed by atoms with Gasteiger partial charge in [-0.25, -0.2) is 0 Å². The van der Waals surface area contributed by atoms with Crippen LogP contribution >= 0.6 is 11.6 Å². The second kappa shape index (κ2) is 7.25. The number of carbonyl (C=O) groups excluding carboxylic acids is 1. The van der Waals surface area contributed by atoms with Crippen LogP contribution in [0.4, 0.5) is 5.69 Å². The van der Waals surface area contributed by atoms with Crippen molar-refractivity contribution in [2.75, 3.05) is 18.4 Å². The molecule has 0 aliphatic carbocycles. The number of aliphatic hydroxyl groups is 1. The number of piperidine rings is 1. The van der Waals surface area contributed by atoms with Crippen LogP contribution in [0.5, 0.6) is 0 Å². The number of halogens is 1. The molecule has 0 spiro atoms. The number of nitrogens with one attached hydrogen (secondary N) is 1. The van der Waals surface area contributed by atoms with Gasteiger partial charge in [0.2, 0.25) is 5.91 Å². The Hall–Kier alpha value is -1.10. The molecular formula is C16H23ClN2O2. The number of anilines is 1. The van der Waals surface area contributed by atoms with Gasteiger partial charge in [0.05, 0.1) is 23.4 Å². The van der Waals surface area contributed by atoms with Crippen molar-refractivity contribution in [1.29, 1.82) is 0 Å². The number of likely N-dealkylation sites (tertiary alicyclic amines) is 1. The summed E-state index contributed by atoms with van der Waals surface area (Å²) in [5, 5.41) is 13.2. The Bertz CT molecular complexity index is 505. The number of nitrogens with zero attached hydrogens (tertiary/aromatic N) is 1. The van der Waals surface area contributed by atoms with Crippen LogP contribution in [0.15, 0.2) is 18.2 Å². The Morgan fingerprint density at radius 2 is 2.29 bits per heavy atom. The molecule has 0 radical (unpaired) electrons. The van der Waals surface area contributed by atoms with Crippen molar-refractivity contribution in [3.05, 3.63) is 28.8 Å². The summed E-state index contributed by atoms with van der Waals surface area (Å²) in [5.41, 5.74) is 1.70. The highest BCUT2D eigenvalue weighted by molar-refractivity contribution is 6.33. The van der Waals surface area contributed by atoms with E-state index < -0.39 is 6.10 Å². The van der Waals surface area contributed by atoms with E-state index in [-0.39, 0.29) is 11.9 Å². The summed E-state index contributed by atoms with van der Waals surface area (Å²) in [6.45, 7) is 4.89. The molecule has 0 aromatic heterocycles. The summed E-state index contributed by atoms with van der Waals surface area (Å²) in [6, 6.07) is 5.63. The number of aliphatic hydroxyl groups excluding tert-OH is 1. The first-order chi connectivity index (χ1) is 9.97. The van der Waals surface area contributed by atoms with Crippen LogP contribution < -0.4 is 5.32 Å². The van der Waals surface area contributed by atoms with E-state index >= 15 is 0 Å². The van der Waals surface area contributed by atoms with Crippen LogP contribution in [0.2, 0.25) is 5.02 Å². The second-order valence-corrected chi connectivity index (χ2v) is 6.21. The van der Waals surface area contributed by atoms with Crippen LogP contribution in [0.25, 0.3) is 0 Å². The minimum atomic E-state index is -0.416. The van der Waals surface area contributed by atoms with E-state index in [0.717, 1.165) is 31.4 Å². The lowest BCUT2D eigenvalue weighted by atomic mass is 9.98. The first kappa shape index (κ1) is 16.3. The molecule has 1 amide bonds. The molecule has 1 saturated heterocycles. The Morgan fingerprint density at radius 3 is 2.95 bits per heavy atom. The third-order valence-corrected chi connectivity index (χ3v) is 4.28. The molecule has 2 N–H and O–H groups in total. The number of carbonyl (C=O) groups is 1. The fourth-order valence-corrected chi connectivity index (χ4v) is 3.14. The molecule has 0 saturated carbocycles. The van der Waals surface area contributed by atoms with Gasteiger partial charge in [0.1, 0.15) is 0 Å². The van der Waals surface area contributed by atoms with E-state index in [9.17, 15) is 9.90 Å². The van der Waals surface area contributed by atoms with Gasteiger partial charge in [-0.1, -0.05) is 24.1 Å². The highest BCUT2D eigenvalue weighted by Gasteiger charge is 2.27. The SMILES string of the molecule is Cc1ccc(NC(=O)CN2CCCCC2C(C)O)c(Cl)c1. The maximum absolute atomic E-state index is 12.2. The third-order valence-electron chi connectivity index (χ3n) is 3.97. The number of hydrogen-bond acceptors (Lipinski definition) is 3. The maximum atomic E-state index is 12.2. The normalized spacial score (nSPS) is 21.0. The second-order valence-electron chi connectivity index (χ2n) is 5.81. The molecule has 21 heavy (non-hydrogen) atoms. The first-order valence-corrected chi connectivity index (χ1v) is 7.83. The number of benzene rings is 1. The summed E-state index contributed by atoms with van der Waals surface area (Å²) in [7, 11) is 0. The van der Waals surface area contributed by atoms with Crippen LogP contribution in [0.3, 0.4) is 0 Å². The monoisotopic (exact) mass is 310 g/mol. The average Bonchev–Trinajstić information content (AvgIpc) is 2.42. The van der Waals surface area contributed by atoms with E-state index in [2.05, 4.69) is 10.2 Å². The molecule has 4 nitrogen and oxygen atoms in total. The van der Waals surface area contributed by atoms with Crippen LogP contribution in [-0.2, 0) is 4.79 Å². The number of aryl methyl sites for hydroxylation is 1. The third kappa shape index (κ3) is 4.43. The van der Waals surface area contributed by atoms with Gasteiger partial charge < -0.3 is 10.4 Å². The average molecular weight is 311 g/mol. The molecule has 1 aromatic carbocycles. The molecule has 1 aliphatic rings. The Balaban J connectivity index is 1.97. The van der Waals surface area contributed by atoms with Crippen molar-refractivity contribution in [1.82, 2.24) is 4.90 Å². The van der Waals surface area contributed by atoms with Crippen molar-refractivity contribution in [2.45, 2.75) is 45.3 Å². The van der Waals surface area contributed by atoms with Crippen LogP contribution in [-0.4, -0.2) is 41.1 Å². The Labute approximate surface area is 131 Å². The van der Waals surface area contributed by atoms with Gasteiger partial charge in [-0.3, -0.25) is 9.69 Å². The smallest absolute Gasteiger partial charge is 0.238 e. The molecule has 1 aromatic rings. The standard InChI is InChI=1S/C16H23ClN2O2/c1-11-6-7-14(13(17)9-11)18-16(21)10-19-8-4-3-5-15(19)12(2)20/h6-7,9,12,15,20H,3-5,8,10H2,1-2H3,(H,18,21). The molecule has 2 rings (SSSR count). The number of amides is 1. The van der Waals surface area contributed by atoms with Crippen LogP contribution in [0.1, 0.15) is 31.7 Å². The minimum absolute atomic E-state index is 0.0676. The van der Waals surface area contributed by atoms with E-state index in [1.165, 1.54) is 0 Å². The fourth-order valence-electron chi connectivity index (χ4n) is 2.86. The molecule has 2 atom stereocenters. The summed E-state index contributed by atoms with van der Waals surface area (Å²) in [5.74, 6) is -0.0895. The summed E-state index contributed by atoms with van der Waals surface area (Å²) >= 11 is 6.13. The number of rotatable bonds is 4. The van der Waals surface area contributed by atoms with Gasteiger partial charge in [0.25, 0.3) is 0 Å². The van der Waals surface area contributed by atoms with Gasteiger partial charge in [-0.15, -0.1) is 0 Å². The largest absolute Gasteiger partial charge is 0.392 e. The maximum Gasteiger partial charge on any atom is 0.238 e. The topological polar surface area (TPSA) is 52.6 Å². The lowest BCUT2D eigenvalue weighted by molar-refractivity contribution is -0.118. The zero-order chi connectivity index (χ0) is 15.4. The predicted molar refractivity (Wildman–Crippen MR) is 85.7 cm³/mol.